The highest BCUT2D eigenvalue weighted by atomic mass is 16.5. The summed E-state index contributed by atoms with van der Waals surface area (Å²) >= 11 is 0. The average molecular weight is 350 g/mol. The molecule has 0 aliphatic heterocycles. The number of pyridine rings is 1. The normalized spacial score (nSPS) is 10.6. The molecule has 5 heteroatoms. The topological polar surface area (TPSA) is 60.5 Å². The summed E-state index contributed by atoms with van der Waals surface area (Å²) in [6.45, 7) is 2.43. The van der Waals surface area contributed by atoms with Crippen LogP contribution in [0.2, 0.25) is 0 Å². The van der Waals surface area contributed by atoms with Gasteiger partial charge in [-0.3, -0.25) is 9.78 Å². The van der Waals surface area contributed by atoms with E-state index in [-0.39, 0.29) is 5.91 Å². The van der Waals surface area contributed by atoms with Crippen molar-refractivity contribution < 1.29 is 14.3 Å². The third kappa shape index (κ3) is 3.77. The molecule has 0 unspecified atom stereocenters. The van der Waals surface area contributed by atoms with E-state index >= 15 is 0 Å². The molecule has 0 saturated carbocycles. The second-order valence-electron chi connectivity index (χ2n) is 6.02. The predicted octanol–water partition coefficient (Wildman–Crippen LogP) is 3.53. The molecule has 0 aliphatic rings. The molecule has 3 rings (SSSR count). The van der Waals surface area contributed by atoms with Crippen molar-refractivity contribution in [3.8, 4) is 11.5 Å². The Morgan fingerprint density at radius 1 is 1.04 bits per heavy atom. The van der Waals surface area contributed by atoms with E-state index in [2.05, 4.69) is 10.3 Å². The van der Waals surface area contributed by atoms with Gasteiger partial charge in [0.25, 0.3) is 5.91 Å². The zero-order chi connectivity index (χ0) is 18.5. The predicted molar refractivity (Wildman–Crippen MR) is 102 cm³/mol. The van der Waals surface area contributed by atoms with Gasteiger partial charge in [-0.25, -0.2) is 0 Å². The number of hydrogen-bond donors (Lipinski definition) is 1. The van der Waals surface area contributed by atoms with Crippen molar-refractivity contribution in [2.45, 2.75) is 13.3 Å². The third-order valence-electron chi connectivity index (χ3n) is 4.24. The molecular weight excluding hydrogens is 328 g/mol. The van der Waals surface area contributed by atoms with Gasteiger partial charge in [-0.2, -0.15) is 0 Å². The summed E-state index contributed by atoms with van der Waals surface area (Å²) in [5.41, 5.74) is 3.38. The largest absolute Gasteiger partial charge is 0.493 e. The van der Waals surface area contributed by atoms with Gasteiger partial charge in [-0.15, -0.1) is 0 Å². The first-order valence-electron chi connectivity index (χ1n) is 8.48. The average Bonchev–Trinajstić information content (AvgIpc) is 2.67. The first-order chi connectivity index (χ1) is 12.6. The second-order valence-corrected chi connectivity index (χ2v) is 6.02. The number of aryl methyl sites for hydroxylation is 1. The summed E-state index contributed by atoms with van der Waals surface area (Å²) in [6, 6.07) is 15.3. The van der Waals surface area contributed by atoms with Crippen LogP contribution < -0.4 is 14.8 Å². The lowest BCUT2D eigenvalue weighted by molar-refractivity contribution is 0.0955. The van der Waals surface area contributed by atoms with Gasteiger partial charge < -0.3 is 14.8 Å². The number of carbonyl (C=O) groups excluding carboxylic acids is 1. The fraction of sp³-hybridized carbons (Fsp3) is 0.238. The van der Waals surface area contributed by atoms with Crippen LogP contribution in [0, 0.1) is 6.92 Å². The Morgan fingerprint density at radius 3 is 2.58 bits per heavy atom. The number of nitrogens with zero attached hydrogens (tertiary/aromatic N) is 1. The van der Waals surface area contributed by atoms with Crippen molar-refractivity contribution in [1.82, 2.24) is 10.3 Å². The number of fused-ring (bicyclic) bond motifs is 1. The number of rotatable bonds is 6. The van der Waals surface area contributed by atoms with Crippen molar-refractivity contribution in [2.24, 2.45) is 0 Å². The molecule has 26 heavy (non-hydrogen) atoms. The van der Waals surface area contributed by atoms with Crippen LogP contribution in [0.3, 0.4) is 0 Å². The van der Waals surface area contributed by atoms with Gasteiger partial charge in [0.2, 0.25) is 0 Å². The number of hydrogen-bond acceptors (Lipinski definition) is 4. The van der Waals surface area contributed by atoms with E-state index in [1.54, 1.807) is 14.2 Å². The van der Waals surface area contributed by atoms with Crippen molar-refractivity contribution in [3.05, 3.63) is 65.4 Å². The SMILES string of the molecule is COc1ccc(CCNC(=O)c2cc(C)nc3ccccc23)cc1OC. The van der Waals surface area contributed by atoms with Crippen molar-refractivity contribution in [3.63, 3.8) is 0 Å². The number of benzene rings is 2. The van der Waals surface area contributed by atoms with Crippen LogP contribution in [0.25, 0.3) is 10.9 Å². The summed E-state index contributed by atoms with van der Waals surface area (Å²) in [5.74, 6) is 1.29. The molecule has 2 aromatic carbocycles. The molecule has 0 saturated heterocycles. The molecule has 5 nitrogen and oxygen atoms in total. The monoisotopic (exact) mass is 350 g/mol. The van der Waals surface area contributed by atoms with Gasteiger partial charge in [0.15, 0.2) is 11.5 Å². The Kier molecular flexibility index (Phi) is 5.37. The number of para-hydroxylation sites is 1. The first-order valence-corrected chi connectivity index (χ1v) is 8.48. The molecule has 134 valence electrons. The van der Waals surface area contributed by atoms with Gasteiger partial charge in [-0.05, 0) is 43.2 Å². The lowest BCUT2D eigenvalue weighted by Crippen LogP contribution is -2.26. The standard InChI is InChI=1S/C21H22N2O3/c1-14-12-17(16-6-4-5-7-18(16)23-14)21(24)22-11-10-15-8-9-19(25-2)20(13-15)26-3/h4-9,12-13H,10-11H2,1-3H3,(H,22,24). The highest BCUT2D eigenvalue weighted by Gasteiger charge is 2.11. The van der Waals surface area contributed by atoms with E-state index in [4.69, 9.17) is 9.47 Å². The molecule has 1 amide bonds. The molecule has 0 bridgehead atoms. The number of methoxy groups -OCH3 is 2. The van der Waals surface area contributed by atoms with E-state index in [0.717, 1.165) is 22.2 Å². The highest BCUT2D eigenvalue weighted by molar-refractivity contribution is 6.06. The Bertz CT molecular complexity index is 938. The number of aromatic nitrogens is 1. The molecule has 1 N–H and O–H groups in total. The smallest absolute Gasteiger partial charge is 0.252 e. The zero-order valence-corrected chi connectivity index (χ0v) is 15.2. The Balaban J connectivity index is 1.70. The second kappa shape index (κ2) is 7.87. The summed E-state index contributed by atoms with van der Waals surface area (Å²) in [7, 11) is 3.22. The maximum absolute atomic E-state index is 12.6. The number of nitrogens with one attached hydrogen (secondary N) is 1. The summed E-state index contributed by atoms with van der Waals surface area (Å²) < 4.78 is 10.6. The van der Waals surface area contributed by atoms with Crippen molar-refractivity contribution >= 4 is 16.8 Å². The minimum absolute atomic E-state index is 0.0906. The summed E-state index contributed by atoms with van der Waals surface area (Å²) in [6.07, 6.45) is 0.702. The van der Waals surface area contributed by atoms with E-state index < -0.39 is 0 Å². The zero-order valence-electron chi connectivity index (χ0n) is 15.2. The van der Waals surface area contributed by atoms with Gasteiger partial charge in [0.1, 0.15) is 0 Å². The molecule has 3 aromatic rings. The Morgan fingerprint density at radius 2 is 1.81 bits per heavy atom. The first kappa shape index (κ1) is 17.7. The van der Waals surface area contributed by atoms with E-state index in [0.29, 0.717) is 30.0 Å². The molecule has 1 aromatic heterocycles. The maximum Gasteiger partial charge on any atom is 0.252 e. The number of ether oxygens (including phenoxy) is 2. The number of carbonyl (C=O) groups is 1. The van der Waals surface area contributed by atoms with E-state index in [9.17, 15) is 4.79 Å². The molecular formula is C21H22N2O3. The quantitative estimate of drug-likeness (QED) is 0.739. The molecule has 0 fully saturated rings. The van der Waals surface area contributed by atoms with Crippen LogP contribution in [0.15, 0.2) is 48.5 Å². The van der Waals surface area contributed by atoms with E-state index in [1.165, 1.54) is 0 Å². The van der Waals surface area contributed by atoms with Gasteiger partial charge in [-0.1, -0.05) is 24.3 Å². The molecule has 0 atom stereocenters. The lowest BCUT2D eigenvalue weighted by atomic mass is 10.1. The molecule has 1 heterocycles. The minimum Gasteiger partial charge on any atom is -0.493 e. The third-order valence-corrected chi connectivity index (χ3v) is 4.24. The maximum atomic E-state index is 12.6. The van der Waals surface area contributed by atoms with Crippen LogP contribution in [-0.4, -0.2) is 31.7 Å². The van der Waals surface area contributed by atoms with Crippen LogP contribution in [0.1, 0.15) is 21.6 Å². The highest BCUT2D eigenvalue weighted by Crippen LogP contribution is 2.27. The van der Waals surface area contributed by atoms with Crippen LogP contribution >= 0.6 is 0 Å². The van der Waals surface area contributed by atoms with Gasteiger partial charge in [0, 0.05) is 17.6 Å². The molecule has 0 radical (unpaired) electrons. The van der Waals surface area contributed by atoms with E-state index in [1.807, 2.05) is 55.5 Å². The number of amides is 1. The van der Waals surface area contributed by atoms with Crippen molar-refractivity contribution in [2.75, 3.05) is 20.8 Å². The fourth-order valence-electron chi connectivity index (χ4n) is 2.95. The fourth-order valence-corrected chi connectivity index (χ4v) is 2.95. The van der Waals surface area contributed by atoms with Crippen LogP contribution in [-0.2, 0) is 6.42 Å². The van der Waals surface area contributed by atoms with Crippen LogP contribution in [0.5, 0.6) is 11.5 Å². The van der Waals surface area contributed by atoms with Gasteiger partial charge >= 0.3 is 0 Å². The van der Waals surface area contributed by atoms with Crippen molar-refractivity contribution in [1.29, 1.82) is 0 Å². The van der Waals surface area contributed by atoms with Crippen LogP contribution in [0.4, 0.5) is 0 Å². The van der Waals surface area contributed by atoms with Gasteiger partial charge in [0.05, 0.1) is 25.3 Å². The summed E-state index contributed by atoms with van der Waals surface area (Å²) in [5, 5.41) is 3.86. The molecule has 0 aliphatic carbocycles. The Labute approximate surface area is 153 Å². The lowest BCUT2D eigenvalue weighted by Gasteiger charge is -2.11. The Hall–Kier alpha value is -3.08. The minimum atomic E-state index is -0.0906. The summed E-state index contributed by atoms with van der Waals surface area (Å²) in [4.78, 5) is 17.1. The molecule has 0 spiro atoms.